The summed E-state index contributed by atoms with van der Waals surface area (Å²) in [7, 11) is 0.867. The van der Waals surface area contributed by atoms with Crippen LogP contribution in [0.4, 0.5) is 0 Å². The van der Waals surface area contributed by atoms with E-state index in [9.17, 15) is 4.79 Å². The average molecular weight is 149 g/mol. The van der Waals surface area contributed by atoms with Crippen LogP contribution in [0.1, 0.15) is 10.4 Å². The molecule has 1 aromatic rings. The van der Waals surface area contributed by atoms with Gasteiger partial charge in [-0.3, -0.25) is 0 Å². The molecule has 4 heteroatoms. The van der Waals surface area contributed by atoms with E-state index in [2.05, 4.69) is 0 Å². The van der Waals surface area contributed by atoms with Crippen molar-refractivity contribution in [3.05, 3.63) is 29.8 Å². The zero-order valence-corrected chi connectivity index (χ0v) is 5.69. The summed E-state index contributed by atoms with van der Waals surface area (Å²) >= 11 is 0. The SMILES string of the molecule is O=C(O)c1cccc([B]O)c1. The van der Waals surface area contributed by atoms with Crippen molar-refractivity contribution in [1.29, 1.82) is 0 Å². The van der Waals surface area contributed by atoms with Gasteiger partial charge in [-0.2, -0.15) is 0 Å². The maximum absolute atomic E-state index is 10.4. The van der Waals surface area contributed by atoms with Crippen molar-refractivity contribution in [3.8, 4) is 0 Å². The van der Waals surface area contributed by atoms with Gasteiger partial charge in [0.2, 0.25) is 0 Å². The van der Waals surface area contributed by atoms with E-state index in [0.717, 1.165) is 7.48 Å². The molecule has 0 aromatic heterocycles. The van der Waals surface area contributed by atoms with Gasteiger partial charge < -0.3 is 10.1 Å². The number of aromatic carboxylic acids is 1. The Balaban J connectivity index is 3.01. The second-order valence-corrected chi connectivity index (χ2v) is 2.06. The zero-order valence-electron chi connectivity index (χ0n) is 5.69. The van der Waals surface area contributed by atoms with Gasteiger partial charge in [0, 0.05) is 0 Å². The number of carbonyl (C=O) groups is 1. The molecular weight excluding hydrogens is 143 g/mol. The maximum Gasteiger partial charge on any atom is 0.335 e. The first kappa shape index (κ1) is 7.82. The Morgan fingerprint density at radius 1 is 1.45 bits per heavy atom. The number of hydrogen-bond donors (Lipinski definition) is 2. The molecule has 0 saturated carbocycles. The van der Waals surface area contributed by atoms with Crippen molar-refractivity contribution in [2.45, 2.75) is 0 Å². The van der Waals surface area contributed by atoms with Gasteiger partial charge >= 0.3 is 13.5 Å². The molecule has 0 atom stereocenters. The van der Waals surface area contributed by atoms with Crippen molar-refractivity contribution in [1.82, 2.24) is 0 Å². The third-order valence-corrected chi connectivity index (χ3v) is 1.28. The van der Waals surface area contributed by atoms with E-state index in [0.29, 0.717) is 5.46 Å². The van der Waals surface area contributed by atoms with Gasteiger partial charge in [0.05, 0.1) is 5.56 Å². The van der Waals surface area contributed by atoms with E-state index in [1.54, 1.807) is 12.1 Å². The Kier molecular flexibility index (Phi) is 2.28. The fraction of sp³-hybridized carbons (Fsp3) is 0. The van der Waals surface area contributed by atoms with Crippen LogP contribution in [0.2, 0.25) is 0 Å². The minimum absolute atomic E-state index is 0.174. The zero-order chi connectivity index (χ0) is 8.27. The second-order valence-electron chi connectivity index (χ2n) is 2.06. The molecule has 2 N–H and O–H groups in total. The summed E-state index contributed by atoms with van der Waals surface area (Å²) in [4.78, 5) is 10.4. The van der Waals surface area contributed by atoms with E-state index in [-0.39, 0.29) is 5.56 Å². The standard InChI is InChI=1S/C7H6BO3/c9-7(10)5-2-1-3-6(4-5)8-11/h1-4,11H,(H,9,10). The second kappa shape index (κ2) is 3.21. The van der Waals surface area contributed by atoms with Crippen molar-refractivity contribution in [2.24, 2.45) is 0 Å². The lowest BCUT2D eigenvalue weighted by molar-refractivity contribution is 0.0697. The summed E-state index contributed by atoms with van der Waals surface area (Å²) in [5, 5.41) is 17.0. The number of benzene rings is 1. The van der Waals surface area contributed by atoms with Gasteiger partial charge in [0.1, 0.15) is 0 Å². The first-order chi connectivity index (χ1) is 5.24. The third-order valence-electron chi connectivity index (χ3n) is 1.28. The van der Waals surface area contributed by atoms with Crippen LogP contribution in [-0.2, 0) is 0 Å². The first-order valence-corrected chi connectivity index (χ1v) is 3.05. The lowest BCUT2D eigenvalue weighted by Crippen LogP contribution is -2.14. The number of carboxylic acid groups (broad SMARTS) is 1. The maximum atomic E-state index is 10.4. The summed E-state index contributed by atoms with van der Waals surface area (Å²) in [5.74, 6) is -0.992. The van der Waals surface area contributed by atoms with Gasteiger partial charge in [-0.05, 0) is 6.07 Å². The minimum atomic E-state index is -0.992. The first-order valence-electron chi connectivity index (χ1n) is 3.05. The molecule has 1 rings (SSSR count). The number of carboxylic acids is 1. The highest BCUT2D eigenvalue weighted by Gasteiger charge is 2.02. The highest BCUT2D eigenvalue weighted by atomic mass is 16.4. The molecular formula is C7H6BO3. The summed E-state index contributed by atoms with van der Waals surface area (Å²) in [6, 6.07) is 6.05. The average Bonchev–Trinajstić information content (AvgIpc) is 2.05. The Labute approximate surface area is 64.6 Å². The molecule has 0 aliphatic rings. The number of rotatable bonds is 2. The van der Waals surface area contributed by atoms with Crippen LogP contribution in [0.25, 0.3) is 0 Å². The Hall–Kier alpha value is -1.29. The van der Waals surface area contributed by atoms with Crippen LogP contribution >= 0.6 is 0 Å². The molecule has 55 valence electrons. The summed E-state index contributed by atoms with van der Waals surface area (Å²) in [6.07, 6.45) is 0. The van der Waals surface area contributed by atoms with E-state index >= 15 is 0 Å². The van der Waals surface area contributed by atoms with Crippen LogP contribution in [0, 0.1) is 0 Å². The van der Waals surface area contributed by atoms with Crippen LogP contribution < -0.4 is 5.46 Å². The highest BCUT2D eigenvalue weighted by molar-refractivity contribution is 6.45. The molecule has 0 spiro atoms. The van der Waals surface area contributed by atoms with Gasteiger partial charge in [-0.1, -0.05) is 23.7 Å². The summed E-state index contributed by atoms with van der Waals surface area (Å²) < 4.78 is 0. The molecule has 0 bridgehead atoms. The molecule has 1 radical (unpaired) electrons. The Morgan fingerprint density at radius 2 is 2.18 bits per heavy atom. The lowest BCUT2D eigenvalue weighted by Gasteiger charge is -1.95. The molecule has 0 aliphatic carbocycles. The van der Waals surface area contributed by atoms with Crippen molar-refractivity contribution >= 4 is 18.9 Å². The summed E-state index contributed by atoms with van der Waals surface area (Å²) in [6.45, 7) is 0. The van der Waals surface area contributed by atoms with Gasteiger partial charge in [0.25, 0.3) is 0 Å². The largest absolute Gasteiger partial charge is 0.478 e. The molecule has 0 fully saturated rings. The minimum Gasteiger partial charge on any atom is -0.478 e. The predicted molar refractivity (Wildman–Crippen MR) is 41.0 cm³/mol. The van der Waals surface area contributed by atoms with E-state index < -0.39 is 5.97 Å². The fourth-order valence-electron chi connectivity index (χ4n) is 0.752. The Bertz CT molecular complexity index is 272. The van der Waals surface area contributed by atoms with Crippen LogP contribution in [-0.4, -0.2) is 23.6 Å². The number of hydrogen-bond acceptors (Lipinski definition) is 2. The van der Waals surface area contributed by atoms with Crippen LogP contribution in [0.3, 0.4) is 0 Å². The third kappa shape index (κ3) is 1.81. The normalized spacial score (nSPS) is 9.18. The predicted octanol–water partition coefficient (Wildman–Crippen LogP) is -0.378. The Morgan fingerprint density at radius 3 is 2.73 bits per heavy atom. The highest BCUT2D eigenvalue weighted by Crippen LogP contribution is 1.94. The van der Waals surface area contributed by atoms with E-state index in [4.69, 9.17) is 10.1 Å². The summed E-state index contributed by atoms with van der Waals surface area (Å²) in [5.41, 5.74) is 0.665. The molecule has 0 unspecified atom stereocenters. The van der Waals surface area contributed by atoms with Crippen molar-refractivity contribution in [2.75, 3.05) is 0 Å². The topological polar surface area (TPSA) is 57.5 Å². The molecule has 0 aliphatic heterocycles. The van der Waals surface area contributed by atoms with E-state index in [1.165, 1.54) is 12.1 Å². The molecule has 0 saturated heterocycles. The van der Waals surface area contributed by atoms with Gasteiger partial charge in [-0.25, -0.2) is 4.79 Å². The van der Waals surface area contributed by atoms with Crippen LogP contribution in [0.5, 0.6) is 0 Å². The van der Waals surface area contributed by atoms with Gasteiger partial charge in [0.15, 0.2) is 0 Å². The fourth-order valence-corrected chi connectivity index (χ4v) is 0.752. The van der Waals surface area contributed by atoms with Crippen molar-refractivity contribution in [3.63, 3.8) is 0 Å². The molecule has 0 amide bonds. The molecule has 0 heterocycles. The smallest absolute Gasteiger partial charge is 0.335 e. The van der Waals surface area contributed by atoms with Crippen molar-refractivity contribution < 1.29 is 14.9 Å². The van der Waals surface area contributed by atoms with Gasteiger partial charge in [-0.15, -0.1) is 0 Å². The van der Waals surface area contributed by atoms with Crippen LogP contribution in [0.15, 0.2) is 24.3 Å². The molecule has 11 heavy (non-hydrogen) atoms. The molecule has 1 aromatic carbocycles. The lowest BCUT2D eigenvalue weighted by atomic mass is 9.88. The van der Waals surface area contributed by atoms with E-state index in [1.807, 2.05) is 0 Å². The molecule has 3 nitrogen and oxygen atoms in total. The monoisotopic (exact) mass is 149 g/mol. The quantitative estimate of drug-likeness (QED) is 0.563.